The van der Waals surface area contributed by atoms with Gasteiger partial charge in [-0.1, -0.05) is 0 Å². The van der Waals surface area contributed by atoms with Crippen LogP contribution in [0.15, 0.2) is 0 Å². The van der Waals surface area contributed by atoms with E-state index in [0.717, 1.165) is 0 Å². The zero-order chi connectivity index (χ0) is 9.30. The van der Waals surface area contributed by atoms with E-state index < -0.39 is 30.7 Å². The summed E-state index contributed by atoms with van der Waals surface area (Å²) in [5, 5.41) is 36.4. The van der Waals surface area contributed by atoms with E-state index >= 15 is 0 Å². The van der Waals surface area contributed by atoms with Crippen molar-refractivity contribution in [3.63, 3.8) is 0 Å². The van der Waals surface area contributed by atoms with Crippen molar-refractivity contribution in [2.45, 2.75) is 30.7 Å². The molecule has 0 unspecified atom stereocenters. The van der Waals surface area contributed by atoms with Gasteiger partial charge in [0.25, 0.3) is 0 Å². The van der Waals surface area contributed by atoms with Crippen LogP contribution in [-0.4, -0.2) is 56.9 Å². The molecular weight excluding hydrogens is 184 g/mol. The average molecular weight is 196 g/mol. The Balaban J connectivity index is 2.63. The molecule has 1 rings (SSSR count). The lowest BCUT2D eigenvalue weighted by atomic mass is 10.0. The zero-order valence-electron chi connectivity index (χ0n) is 6.24. The predicted molar refractivity (Wildman–Crippen MR) is 42.8 cm³/mol. The first kappa shape index (κ1) is 10.2. The van der Waals surface area contributed by atoms with Crippen LogP contribution in [0.4, 0.5) is 0 Å². The van der Waals surface area contributed by atoms with E-state index in [4.69, 9.17) is 20.1 Å². The molecule has 0 aliphatic carbocycles. The Kier molecular flexibility index (Phi) is 3.33. The molecule has 0 aromatic carbocycles. The third kappa shape index (κ3) is 1.73. The largest absolute Gasteiger partial charge is 0.388 e. The van der Waals surface area contributed by atoms with Gasteiger partial charge in [-0.2, -0.15) is 12.6 Å². The molecule has 0 radical (unpaired) electrons. The fourth-order valence-corrected chi connectivity index (χ4v) is 1.38. The quantitative estimate of drug-likeness (QED) is 0.305. The summed E-state index contributed by atoms with van der Waals surface area (Å²) in [6.07, 6.45) is -6.26. The van der Waals surface area contributed by atoms with Crippen molar-refractivity contribution in [3.8, 4) is 0 Å². The molecule has 1 fully saturated rings. The van der Waals surface area contributed by atoms with Crippen LogP contribution in [-0.2, 0) is 4.74 Å². The minimum atomic E-state index is -1.46. The fourth-order valence-electron chi connectivity index (χ4n) is 1.08. The maximum atomic E-state index is 9.23. The molecule has 0 aromatic rings. The summed E-state index contributed by atoms with van der Waals surface area (Å²) in [5.74, 6) is 0.169. The van der Waals surface area contributed by atoms with Crippen LogP contribution in [0.2, 0.25) is 0 Å². The zero-order valence-corrected chi connectivity index (χ0v) is 7.13. The molecule has 4 N–H and O–H groups in total. The van der Waals surface area contributed by atoms with E-state index in [1.165, 1.54) is 0 Å². The molecule has 0 bridgehead atoms. The highest BCUT2D eigenvalue weighted by atomic mass is 32.1. The van der Waals surface area contributed by atoms with Crippen molar-refractivity contribution in [1.82, 2.24) is 0 Å². The van der Waals surface area contributed by atoms with Crippen LogP contribution in [0.3, 0.4) is 0 Å². The number of rotatable bonds is 1. The number of ether oxygens (including phenoxy) is 1. The second kappa shape index (κ2) is 3.91. The Hall–Kier alpha value is 0.150. The summed E-state index contributed by atoms with van der Waals surface area (Å²) in [6.45, 7) is 0. The molecule has 1 aliphatic rings. The van der Waals surface area contributed by atoms with Crippen LogP contribution in [0.1, 0.15) is 0 Å². The van der Waals surface area contributed by atoms with Gasteiger partial charge in [0.1, 0.15) is 18.3 Å². The number of hydrogen-bond acceptors (Lipinski definition) is 6. The average Bonchev–Trinajstić information content (AvgIpc) is 2.08. The maximum absolute atomic E-state index is 9.23. The third-order valence-corrected chi connectivity index (χ3v) is 2.23. The third-order valence-electron chi connectivity index (χ3n) is 1.87. The molecule has 5 nitrogen and oxygen atoms in total. The summed E-state index contributed by atoms with van der Waals surface area (Å²) in [5.41, 5.74) is 0. The van der Waals surface area contributed by atoms with E-state index in [1.54, 1.807) is 0 Å². The molecule has 0 aromatic heterocycles. The Labute approximate surface area is 75.0 Å². The van der Waals surface area contributed by atoms with Crippen LogP contribution < -0.4 is 0 Å². The molecule has 6 heteroatoms. The Bertz CT molecular complexity index is 150. The topological polar surface area (TPSA) is 90.2 Å². The monoisotopic (exact) mass is 196 g/mol. The van der Waals surface area contributed by atoms with Crippen molar-refractivity contribution in [2.75, 3.05) is 5.75 Å². The Morgan fingerprint density at radius 2 is 1.58 bits per heavy atom. The molecule has 0 saturated carbocycles. The van der Waals surface area contributed by atoms with Crippen molar-refractivity contribution in [3.05, 3.63) is 0 Å². The van der Waals surface area contributed by atoms with Crippen LogP contribution in [0, 0.1) is 0 Å². The Morgan fingerprint density at radius 1 is 1.00 bits per heavy atom. The van der Waals surface area contributed by atoms with Crippen molar-refractivity contribution in [1.29, 1.82) is 0 Å². The summed E-state index contributed by atoms with van der Waals surface area (Å²) in [4.78, 5) is 0. The number of aliphatic hydroxyl groups is 4. The number of thiol groups is 1. The highest BCUT2D eigenvalue weighted by molar-refractivity contribution is 7.80. The van der Waals surface area contributed by atoms with Gasteiger partial charge in [0.2, 0.25) is 0 Å². The second-order valence-corrected chi connectivity index (χ2v) is 3.08. The molecule has 12 heavy (non-hydrogen) atoms. The Morgan fingerprint density at radius 3 is 2.08 bits per heavy atom. The molecular formula is C6H12O5S. The molecule has 5 atom stereocenters. The highest BCUT2D eigenvalue weighted by Gasteiger charge is 2.42. The fraction of sp³-hybridized carbons (Fsp3) is 1.00. The predicted octanol–water partition coefficient (Wildman–Crippen LogP) is -2.28. The SMILES string of the molecule is O[C@H]1[C@@H](O)[C@@H](CS)O[C@H](O)[C@H]1O. The number of aliphatic hydroxyl groups excluding tert-OH is 4. The van der Waals surface area contributed by atoms with Gasteiger partial charge in [0.05, 0.1) is 6.10 Å². The van der Waals surface area contributed by atoms with Gasteiger partial charge in [-0.3, -0.25) is 0 Å². The van der Waals surface area contributed by atoms with Crippen LogP contribution in [0.25, 0.3) is 0 Å². The molecule has 72 valence electrons. The van der Waals surface area contributed by atoms with Crippen molar-refractivity contribution in [2.24, 2.45) is 0 Å². The molecule has 1 heterocycles. The normalized spacial score (nSPS) is 49.2. The second-order valence-electron chi connectivity index (χ2n) is 2.72. The molecule has 1 aliphatic heterocycles. The number of hydrogen-bond donors (Lipinski definition) is 5. The van der Waals surface area contributed by atoms with Gasteiger partial charge < -0.3 is 25.2 Å². The first-order chi connectivity index (χ1) is 5.57. The molecule has 1 saturated heterocycles. The van der Waals surface area contributed by atoms with Crippen LogP contribution >= 0.6 is 12.6 Å². The lowest BCUT2D eigenvalue weighted by Gasteiger charge is -2.37. The van der Waals surface area contributed by atoms with Gasteiger partial charge >= 0.3 is 0 Å². The van der Waals surface area contributed by atoms with E-state index in [1.807, 2.05) is 0 Å². The van der Waals surface area contributed by atoms with E-state index in [0.29, 0.717) is 0 Å². The van der Waals surface area contributed by atoms with Gasteiger partial charge in [0, 0.05) is 5.75 Å². The van der Waals surface area contributed by atoms with Gasteiger partial charge in [0.15, 0.2) is 6.29 Å². The van der Waals surface area contributed by atoms with E-state index in [-0.39, 0.29) is 5.75 Å². The van der Waals surface area contributed by atoms with Gasteiger partial charge in [-0.25, -0.2) is 0 Å². The highest BCUT2D eigenvalue weighted by Crippen LogP contribution is 2.20. The van der Waals surface area contributed by atoms with Gasteiger partial charge in [-0.05, 0) is 0 Å². The lowest BCUT2D eigenvalue weighted by Crippen LogP contribution is -2.57. The molecule has 0 spiro atoms. The minimum absolute atomic E-state index is 0.169. The smallest absolute Gasteiger partial charge is 0.183 e. The van der Waals surface area contributed by atoms with Crippen molar-refractivity contribution >= 4 is 12.6 Å². The summed E-state index contributed by atoms with van der Waals surface area (Å²) in [6, 6.07) is 0. The summed E-state index contributed by atoms with van der Waals surface area (Å²) in [7, 11) is 0. The lowest BCUT2D eigenvalue weighted by molar-refractivity contribution is -0.276. The first-order valence-corrected chi connectivity index (χ1v) is 4.19. The van der Waals surface area contributed by atoms with Crippen LogP contribution in [0.5, 0.6) is 0 Å². The maximum Gasteiger partial charge on any atom is 0.183 e. The standard InChI is InChI=1S/C6H12O5S/c7-3-2(1-12)11-6(10)5(9)4(3)8/h2-10,12H,1H2/t2-,3+,4+,5+,6+/m1/s1. The van der Waals surface area contributed by atoms with E-state index in [2.05, 4.69) is 12.6 Å². The molecule has 0 amide bonds. The van der Waals surface area contributed by atoms with Crippen molar-refractivity contribution < 1.29 is 25.2 Å². The van der Waals surface area contributed by atoms with Gasteiger partial charge in [-0.15, -0.1) is 0 Å². The summed E-state index contributed by atoms with van der Waals surface area (Å²) < 4.78 is 4.75. The summed E-state index contributed by atoms with van der Waals surface area (Å²) >= 11 is 3.84. The minimum Gasteiger partial charge on any atom is -0.388 e. The van der Waals surface area contributed by atoms with E-state index in [9.17, 15) is 5.11 Å². The first-order valence-electron chi connectivity index (χ1n) is 3.56.